The van der Waals surface area contributed by atoms with Crippen molar-refractivity contribution in [3.05, 3.63) is 47.1 Å². The molecule has 0 N–H and O–H groups in total. The molecule has 28 heavy (non-hydrogen) atoms. The Hall–Kier alpha value is -2.42. The zero-order valence-electron chi connectivity index (χ0n) is 15.7. The zero-order chi connectivity index (χ0) is 20.1. The van der Waals surface area contributed by atoms with Gasteiger partial charge in [-0.3, -0.25) is 9.69 Å². The summed E-state index contributed by atoms with van der Waals surface area (Å²) in [6, 6.07) is 4.55. The molecule has 0 unspecified atom stereocenters. The molecule has 1 aliphatic rings. The molecule has 2 heterocycles. The lowest BCUT2D eigenvalue weighted by molar-refractivity contribution is -0.137. The highest BCUT2D eigenvalue weighted by atomic mass is 19.4. The monoisotopic (exact) mass is 396 g/mol. The van der Waals surface area contributed by atoms with Crippen LogP contribution in [0.4, 0.5) is 13.2 Å². The molecule has 0 radical (unpaired) electrons. The molecule has 0 aliphatic carbocycles. The average molecular weight is 396 g/mol. The summed E-state index contributed by atoms with van der Waals surface area (Å²) in [6.45, 7) is 4.67. The van der Waals surface area contributed by atoms with Crippen molar-refractivity contribution < 1.29 is 22.5 Å². The van der Waals surface area contributed by atoms with Gasteiger partial charge in [-0.15, -0.1) is 0 Å². The minimum Gasteiger partial charge on any atom is -0.338 e. The van der Waals surface area contributed by atoms with Crippen LogP contribution in [0.15, 0.2) is 28.8 Å². The summed E-state index contributed by atoms with van der Waals surface area (Å²) in [5, 5.41) is 3.96. The maximum absolute atomic E-state index is 12.9. The Labute approximate surface area is 161 Å². The number of alkyl halides is 3. The number of benzene rings is 1. The van der Waals surface area contributed by atoms with Crippen LogP contribution in [-0.4, -0.2) is 52.0 Å². The van der Waals surface area contributed by atoms with E-state index in [0.717, 1.165) is 31.4 Å². The number of unbranched alkanes of at least 4 members (excludes halogenated alkanes) is 1. The molecule has 1 amide bonds. The van der Waals surface area contributed by atoms with Crippen LogP contribution in [0.2, 0.25) is 0 Å². The molecule has 6 nitrogen and oxygen atoms in total. The molecular weight excluding hydrogens is 373 g/mol. The number of carbonyl (C=O) groups is 1. The molecule has 1 saturated heterocycles. The minimum absolute atomic E-state index is 0.0562. The van der Waals surface area contributed by atoms with E-state index in [4.69, 9.17) is 4.52 Å². The summed E-state index contributed by atoms with van der Waals surface area (Å²) in [5.41, 5.74) is -0.756. The van der Waals surface area contributed by atoms with Gasteiger partial charge < -0.3 is 9.42 Å². The Kier molecular flexibility index (Phi) is 6.33. The number of hydrogen-bond acceptors (Lipinski definition) is 5. The molecule has 1 aromatic heterocycles. The summed E-state index contributed by atoms with van der Waals surface area (Å²) in [5.74, 6) is 0.865. The van der Waals surface area contributed by atoms with Gasteiger partial charge in [-0.1, -0.05) is 24.6 Å². The Balaban J connectivity index is 1.53. The number of carbonyl (C=O) groups excluding carboxylic acids is 1. The molecule has 1 fully saturated rings. The zero-order valence-corrected chi connectivity index (χ0v) is 15.7. The third-order valence-corrected chi connectivity index (χ3v) is 4.72. The van der Waals surface area contributed by atoms with Gasteiger partial charge in [0.25, 0.3) is 5.91 Å². The fourth-order valence-electron chi connectivity index (χ4n) is 3.10. The van der Waals surface area contributed by atoms with Crippen LogP contribution in [0.3, 0.4) is 0 Å². The molecule has 152 valence electrons. The summed E-state index contributed by atoms with van der Waals surface area (Å²) in [7, 11) is 0. The van der Waals surface area contributed by atoms with Crippen LogP contribution in [0.25, 0.3) is 0 Å². The first-order valence-corrected chi connectivity index (χ1v) is 9.37. The highest BCUT2D eigenvalue weighted by Gasteiger charge is 2.31. The smallest absolute Gasteiger partial charge is 0.338 e. The number of hydrogen-bond donors (Lipinski definition) is 0. The third kappa shape index (κ3) is 5.09. The third-order valence-electron chi connectivity index (χ3n) is 4.72. The first kappa shape index (κ1) is 20.3. The van der Waals surface area contributed by atoms with Gasteiger partial charge in [0.15, 0.2) is 5.82 Å². The van der Waals surface area contributed by atoms with E-state index >= 15 is 0 Å². The van der Waals surface area contributed by atoms with Crippen molar-refractivity contribution in [2.45, 2.75) is 38.9 Å². The van der Waals surface area contributed by atoms with E-state index in [1.165, 1.54) is 12.1 Å². The number of amides is 1. The predicted octanol–water partition coefficient (Wildman–Crippen LogP) is 3.39. The summed E-state index contributed by atoms with van der Waals surface area (Å²) in [6.07, 6.45) is -1.60. The van der Waals surface area contributed by atoms with Crippen LogP contribution in [0.5, 0.6) is 0 Å². The minimum atomic E-state index is -4.46. The number of piperazine rings is 1. The van der Waals surface area contributed by atoms with Crippen LogP contribution in [0.1, 0.15) is 47.4 Å². The van der Waals surface area contributed by atoms with Gasteiger partial charge in [0.2, 0.25) is 5.89 Å². The van der Waals surface area contributed by atoms with Gasteiger partial charge >= 0.3 is 6.18 Å². The van der Waals surface area contributed by atoms with Crippen molar-refractivity contribution in [1.82, 2.24) is 19.9 Å². The maximum Gasteiger partial charge on any atom is 0.416 e. The number of aryl methyl sites for hydroxylation is 1. The molecule has 0 atom stereocenters. The van der Waals surface area contributed by atoms with Crippen molar-refractivity contribution in [2.24, 2.45) is 0 Å². The predicted molar refractivity (Wildman–Crippen MR) is 95.5 cm³/mol. The van der Waals surface area contributed by atoms with Gasteiger partial charge in [-0.25, -0.2) is 0 Å². The van der Waals surface area contributed by atoms with Gasteiger partial charge in [-0.05, 0) is 24.6 Å². The average Bonchev–Trinajstić information content (AvgIpc) is 3.13. The lowest BCUT2D eigenvalue weighted by atomic mass is 10.1. The lowest BCUT2D eigenvalue weighted by Gasteiger charge is -2.34. The topological polar surface area (TPSA) is 62.5 Å². The van der Waals surface area contributed by atoms with Gasteiger partial charge in [0.1, 0.15) is 0 Å². The normalized spacial score (nSPS) is 15.8. The van der Waals surface area contributed by atoms with Crippen molar-refractivity contribution >= 4 is 5.91 Å². The second kappa shape index (κ2) is 8.72. The second-order valence-corrected chi connectivity index (χ2v) is 6.85. The van der Waals surface area contributed by atoms with E-state index in [0.29, 0.717) is 44.4 Å². The molecule has 3 rings (SSSR count). The second-order valence-electron chi connectivity index (χ2n) is 6.85. The molecule has 1 aliphatic heterocycles. The Morgan fingerprint density at radius 2 is 1.96 bits per heavy atom. The van der Waals surface area contributed by atoms with E-state index in [1.54, 1.807) is 4.90 Å². The Bertz CT molecular complexity index is 798. The molecule has 1 aromatic carbocycles. The van der Waals surface area contributed by atoms with Crippen LogP contribution in [-0.2, 0) is 19.1 Å². The molecule has 0 spiro atoms. The fraction of sp³-hybridized carbons (Fsp3) is 0.526. The highest BCUT2D eigenvalue weighted by molar-refractivity contribution is 5.94. The van der Waals surface area contributed by atoms with Crippen molar-refractivity contribution in [3.8, 4) is 0 Å². The van der Waals surface area contributed by atoms with Crippen molar-refractivity contribution in [1.29, 1.82) is 0 Å². The van der Waals surface area contributed by atoms with Gasteiger partial charge in [0.05, 0.1) is 12.1 Å². The van der Waals surface area contributed by atoms with Crippen molar-refractivity contribution in [2.75, 3.05) is 26.2 Å². The summed E-state index contributed by atoms with van der Waals surface area (Å²) in [4.78, 5) is 20.6. The van der Waals surface area contributed by atoms with E-state index in [9.17, 15) is 18.0 Å². The Morgan fingerprint density at radius 1 is 1.21 bits per heavy atom. The molecular formula is C19H23F3N4O2. The van der Waals surface area contributed by atoms with E-state index < -0.39 is 11.7 Å². The maximum atomic E-state index is 12.9. The van der Waals surface area contributed by atoms with E-state index in [-0.39, 0.29) is 11.5 Å². The number of aromatic nitrogens is 2. The number of halogens is 3. The molecule has 0 saturated carbocycles. The standard InChI is InChI=1S/C19H23F3N4O2/c1-2-3-7-16-23-17(28-24-16)13-25-8-10-26(11-9-25)18(27)14-5-4-6-15(12-14)19(20,21)22/h4-6,12H,2-3,7-11,13H2,1H3. The SMILES string of the molecule is CCCCc1noc(CN2CCN(C(=O)c3cccc(C(F)(F)F)c3)CC2)n1. The van der Waals surface area contributed by atoms with E-state index in [2.05, 4.69) is 22.0 Å². The van der Waals surface area contributed by atoms with E-state index in [1.807, 2.05) is 0 Å². The number of nitrogens with zero attached hydrogens (tertiary/aromatic N) is 4. The Morgan fingerprint density at radius 3 is 2.64 bits per heavy atom. The summed E-state index contributed by atoms with van der Waals surface area (Å²) < 4.78 is 43.8. The van der Waals surface area contributed by atoms with Gasteiger partial charge in [0, 0.05) is 38.2 Å². The quantitative estimate of drug-likeness (QED) is 0.749. The first-order valence-electron chi connectivity index (χ1n) is 9.37. The van der Waals surface area contributed by atoms with Crippen LogP contribution < -0.4 is 0 Å². The highest BCUT2D eigenvalue weighted by Crippen LogP contribution is 2.29. The van der Waals surface area contributed by atoms with Crippen LogP contribution >= 0.6 is 0 Å². The largest absolute Gasteiger partial charge is 0.416 e. The van der Waals surface area contributed by atoms with Crippen molar-refractivity contribution in [3.63, 3.8) is 0 Å². The number of rotatable bonds is 6. The van der Waals surface area contributed by atoms with Crippen LogP contribution in [0, 0.1) is 0 Å². The molecule has 9 heteroatoms. The van der Waals surface area contributed by atoms with Gasteiger partial charge in [-0.2, -0.15) is 18.2 Å². The molecule has 0 bridgehead atoms. The molecule has 2 aromatic rings. The first-order chi connectivity index (χ1) is 13.4. The lowest BCUT2D eigenvalue weighted by Crippen LogP contribution is -2.48. The fourth-order valence-corrected chi connectivity index (χ4v) is 3.10. The summed E-state index contributed by atoms with van der Waals surface area (Å²) >= 11 is 0.